The molecule has 0 saturated heterocycles. The molecule has 0 saturated carbocycles. The summed E-state index contributed by atoms with van der Waals surface area (Å²) in [5.41, 5.74) is 1.65. The number of nitrogens with one attached hydrogen (secondary N) is 1. The van der Waals surface area contributed by atoms with Gasteiger partial charge in [-0.25, -0.2) is 0 Å². The predicted octanol–water partition coefficient (Wildman–Crippen LogP) is 2.36. The quantitative estimate of drug-likeness (QED) is 0.685. The monoisotopic (exact) mass is 355 g/mol. The van der Waals surface area contributed by atoms with Gasteiger partial charge in [-0.15, -0.1) is 0 Å². The molecule has 0 spiro atoms. The number of para-hydroxylation sites is 1. The van der Waals surface area contributed by atoms with Crippen molar-refractivity contribution in [3.8, 4) is 5.75 Å². The van der Waals surface area contributed by atoms with Crippen LogP contribution in [0.1, 0.15) is 36.1 Å². The summed E-state index contributed by atoms with van der Waals surface area (Å²) in [5, 5.41) is 15.6. The van der Waals surface area contributed by atoms with Gasteiger partial charge in [0.15, 0.2) is 0 Å². The van der Waals surface area contributed by atoms with Gasteiger partial charge in [-0.1, -0.05) is 12.1 Å². The van der Waals surface area contributed by atoms with Crippen molar-refractivity contribution in [1.29, 1.82) is 0 Å². The average Bonchev–Trinajstić information content (AvgIpc) is 2.92. The molecular formula is C19H21N3O4. The number of hydrogen-bond acceptors (Lipinski definition) is 5. The number of ether oxygens (including phenoxy) is 1. The summed E-state index contributed by atoms with van der Waals surface area (Å²) in [6.45, 7) is 3.78. The van der Waals surface area contributed by atoms with Crippen LogP contribution in [0.4, 0.5) is 0 Å². The Kier molecular flexibility index (Phi) is 4.79. The van der Waals surface area contributed by atoms with E-state index in [9.17, 15) is 14.7 Å². The Bertz CT molecular complexity index is 1020. The van der Waals surface area contributed by atoms with Crippen molar-refractivity contribution in [2.45, 2.75) is 26.2 Å². The Morgan fingerprint density at radius 1 is 1.38 bits per heavy atom. The summed E-state index contributed by atoms with van der Waals surface area (Å²) in [6.07, 6.45) is 1.70. The molecule has 0 aliphatic rings. The van der Waals surface area contributed by atoms with Crippen LogP contribution in [0, 0.1) is 6.92 Å². The molecule has 2 aromatic heterocycles. The van der Waals surface area contributed by atoms with Gasteiger partial charge in [0.1, 0.15) is 5.75 Å². The summed E-state index contributed by atoms with van der Waals surface area (Å²) < 4.78 is 6.69. The predicted molar refractivity (Wildman–Crippen MR) is 97.3 cm³/mol. The molecule has 0 unspecified atom stereocenters. The molecule has 0 aliphatic carbocycles. The largest absolute Gasteiger partial charge is 0.507 e. The molecule has 136 valence electrons. The molecule has 0 aliphatic heterocycles. The van der Waals surface area contributed by atoms with Crippen LogP contribution in [0.5, 0.6) is 5.75 Å². The van der Waals surface area contributed by atoms with Crippen molar-refractivity contribution in [1.82, 2.24) is 14.8 Å². The summed E-state index contributed by atoms with van der Waals surface area (Å²) >= 11 is 0. The maximum absolute atomic E-state index is 12.7. The number of aromatic amines is 1. The van der Waals surface area contributed by atoms with E-state index in [0.29, 0.717) is 22.2 Å². The molecule has 7 nitrogen and oxygen atoms in total. The number of pyridine rings is 1. The van der Waals surface area contributed by atoms with Crippen LogP contribution >= 0.6 is 0 Å². The van der Waals surface area contributed by atoms with Gasteiger partial charge in [-0.05, 0) is 26.0 Å². The van der Waals surface area contributed by atoms with Gasteiger partial charge in [-0.3, -0.25) is 14.3 Å². The van der Waals surface area contributed by atoms with Crippen LogP contribution < -0.4 is 5.56 Å². The molecular weight excluding hydrogens is 334 g/mol. The number of aryl methyl sites for hydroxylation is 2. The zero-order valence-electron chi connectivity index (χ0n) is 14.9. The van der Waals surface area contributed by atoms with Gasteiger partial charge in [0.05, 0.1) is 29.8 Å². The van der Waals surface area contributed by atoms with E-state index in [1.807, 2.05) is 0 Å². The molecule has 2 heterocycles. The van der Waals surface area contributed by atoms with E-state index < -0.39 is 17.4 Å². The lowest BCUT2D eigenvalue weighted by atomic mass is 9.88. The zero-order valence-corrected chi connectivity index (χ0v) is 14.9. The summed E-state index contributed by atoms with van der Waals surface area (Å²) in [6, 6.07) is 7.00. The molecule has 1 atom stereocenters. The lowest BCUT2D eigenvalue weighted by molar-refractivity contribution is -0.143. The first-order valence-corrected chi connectivity index (χ1v) is 8.42. The number of aromatic hydroxyl groups is 1. The molecule has 0 bridgehead atoms. The van der Waals surface area contributed by atoms with Crippen LogP contribution in [-0.2, 0) is 16.6 Å². The van der Waals surface area contributed by atoms with Gasteiger partial charge < -0.3 is 14.8 Å². The Morgan fingerprint density at radius 2 is 2.12 bits per heavy atom. The molecule has 0 radical (unpaired) electrons. The molecule has 2 N–H and O–H groups in total. The van der Waals surface area contributed by atoms with E-state index in [1.54, 1.807) is 56.0 Å². The molecule has 26 heavy (non-hydrogen) atoms. The number of fused-ring (bicyclic) bond motifs is 1. The van der Waals surface area contributed by atoms with E-state index in [0.717, 1.165) is 0 Å². The summed E-state index contributed by atoms with van der Waals surface area (Å²) in [5.74, 6) is -1.22. The van der Waals surface area contributed by atoms with E-state index in [2.05, 4.69) is 10.1 Å². The minimum absolute atomic E-state index is 0.0602. The topological polar surface area (TPSA) is 97.2 Å². The van der Waals surface area contributed by atoms with Gasteiger partial charge in [0.2, 0.25) is 0 Å². The van der Waals surface area contributed by atoms with E-state index >= 15 is 0 Å². The number of aromatic nitrogens is 3. The Balaban J connectivity index is 2.21. The van der Waals surface area contributed by atoms with Crippen LogP contribution in [0.2, 0.25) is 0 Å². The van der Waals surface area contributed by atoms with E-state index in [1.165, 1.54) is 0 Å². The van der Waals surface area contributed by atoms with Crippen molar-refractivity contribution >= 4 is 16.9 Å². The lowest BCUT2D eigenvalue weighted by Crippen LogP contribution is -2.21. The molecule has 3 rings (SSSR count). The van der Waals surface area contributed by atoms with Crippen molar-refractivity contribution in [2.75, 3.05) is 6.61 Å². The summed E-state index contributed by atoms with van der Waals surface area (Å²) in [4.78, 5) is 27.7. The smallest absolute Gasteiger partial charge is 0.306 e. The minimum atomic E-state index is -0.656. The summed E-state index contributed by atoms with van der Waals surface area (Å²) in [7, 11) is 1.77. The molecule has 3 aromatic rings. The normalized spacial score (nSPS) is 12.3. The number of carbonyl (C=O) groups excluding carboxylic acids is 1. The van der Waals surface area contributed by atoms with Gasteiger partial charge in [0.25, 0.3) is 5.56 Å². The average molecular weight is 355 g/mol. The number of benzene rings is 1. The van der Waals surface area contributed by atoms with Crippen molar-refractivity contribution in [3.63, 3.8) is 0 Å². The third-order valence-corrected chi connectivity index (χ3v) is 4.38. The van der Waals surface area contributed by atoms with Crippen LogP contribution in [0.3, 0.4) is 0 Å². The van der Waals surface area contributed by atoms with Gasteiger partial charge in [-0.2, -0.15) is 5.10 Å². The first-order chi connectivity index (χ1) is 12.4. The second-order valence-electron chi connectivity index (χ2n) is 6.17. The number of carbonyl (C=O) groups is 1. The second kappa shape index (κ2) is 7.03. The Hall–Kier alpha value is -3.09. The van der Waals surface area contributed by atoms with Crippen LogP contribution in [0.15, 0.2) is 35.3 Å². The second-order valence-corrected chi connectivity index (χ2v) is 6.17. The van der Waals surface area contributed by atoms with Crippen molar-refractivity contribution in [3.05, 3.63) is 57.6 Å². The lowest BCUT2D eigenvalue weighted by Gasteiger charge is -2.17. The SMILES string of the molecule is CCOC(=O)C[C@H](c1cn(C)nc1C)c1c(O)c2ccccc2[nH]c1=O. The minimum Gasteiger partial charge on any atom is -0.507 e. The Morgan fingerprint density at radius 3 is 2.77 bits per heavy atom. The highest BCUT2D eigenvalue weighted by Crippen LogP contribution is 2.36. The highest BCUT2D eigenvalue weighted by Gasteiger charge is 2.28. The molecule has 1 aromatic carbocycles. The fraction of sp³-hybridized carbons (Fsp3) is 0.316. The number of esters is 1. The fourth-order valence-corrected chi connectivity index (χ4v) is 3.28. The third kappa shape index (κ3) is 3.20. The molecule has 0 fully saturated rings. The van der Waals surface area contributed by atoms with E-state index in [-0.39, 0.29) is 24.3 Å². The molecule has 7 heteroatoms. The van der Waals surface area contributed by atoms with Gasteiger partial charge >= 0.3 is 5.97 Å². The van der Waals surface area contributed by atoms with Crippen LogP contribution in [0.25, 0.3) is 10.9 Å². The first-order valence-electron chi connectivity index (χ1n) is 8.42. The van der Waals surface area contributed by atoms with Crippen molar-refractivity contribution in [2.24, 2.45) is 7.05 Å². The Labute approximate surface area is 150 Å². The maximum Gasteiger partial charge on any atom is 0.306 e. The number of H-pyrrole nitrogens is 1. The first kappa shape index (κ1) is 17.7. The number of hydrogen-bond donors (Lipinski definition) is 2. The standard InChI is InChI=1S/C19H21N3O4/c1-4-26-16(23)9-13(14-10-22(3)21-11(14)2)17-18(24)12-7-5-6-8-15(12)20-19(17)25/h5-8,10,13H,4,9H2,1-3H3,(H2,20,24,25)/t13-/m1/s1. The third-order valence-electron chi connectivity index (χ3n) is 4.38. The molecule has 0 amide bonds. The zero-order chi connectivity index (χ0) is 18.8. The number of rotatable bonds is 5. The maximum atomic E-state index is 12.7. The van der Waals surface area contributed by atoms with Crippen molar-refractivity contribution < 1.29 is 14.6 Å². The van der Waals surface area contributed by atoms with Gasteiger partial charge in [0, 0.05) is 30.1 Å². The van der Waals surface area contributed by atoms with Crippen LogP contribution in [-0.4, -0.2) is 32.4 Å². The fourth-order valence-electron chi connectivity index (χ4n) is 3.28. The number of nitrogens with zero attached hydrogens (tertiary/aromatic N) is 2. The highest BCUT2D eigenvalue weighted by atomic mass is 16.5. The highest BCUT2D eigenvalue weighted by molar-refractivity contribution is 5.86. The van der Waals surface area contributed by atoms with E-state index in [4.69, 9.17) is 4.74 Å².